The minimum absolute atomic E-state index is 0.408. The zero-order valence-corrected chi connectivity index (χ0v) is 21.4. The fourth-order valence-corrected chi connectivity index (χ4v) is 4.91. The van der Waals surface area contributed by atoms with Gasteiger partial charge in [-0.2, -0.15) is 9.27 Å². The average Bonchev–Trinajstić information content (AvgIpc) is 3.52. The Labute approximate surface area is 212 Å². The molecule has 0 N–H and O–H groups in total. The zero-order valence-electron chi connectivity index (χ0n) is 19.8. The van der Waals surface area contributed by atoms with E-state index in [1.54, 1.807) is 5.06 Å². The van der Waals surface area contributed by atoms with Gasteiger partial charge in [-0.05, 0) is 51.0 Å². The van der Waals surface area contributed by atoms with Crippen molar-refractivity contribution in [1.82, 2.24) is 25.1 Å². The summed E-state index contributed by atoms with van der Waals surface area (Å²) in [6.07, 6.45) is 3.00. The smallest absolute Gasteiger partial charge is 0.218 e. The van der Waals surface area contributed by atoms with Gasteiger partial charge in [-0.25, -0.2) is 10.0 Å². The lowest BCUT2D eigenvalue weighted by molar-refractivity contribution is 0.281. The Kier molecular flexibility index (Phi) is 7.21. The van der Waals surface area contributed by atoms with Crippen LogP contribution in [0.5, 0.6) is 5.88 Å². The molecule has 35 heavy (non-hydrogen) atoms. The molecule has 180 valence electrons. The summed E-state index contributed by atoms with van der Waals surface area (Å²) in [5.74, 6) is 2.63. The first-order valence-electron chi connectivity index (χ1n) is 11.4. The molecule has 1 saturated carbocycles. The van der Waals surface area contributed by atoms with E-state index in [1.165, 1.54) is 28.9 Å². The van der Waals surface area contributed by atoms with Crippen molar-refractivity contribution in [1.29, 1.82) is 0 Å². The van der Waals surface area contributed by atoms with E-state index in [-0.39, 0.29) is 0 Å². The van der Waals surface area contributed by atoms with Gasteiger partial charge in [0.05, 0.1) is 18.6 Å². The summed E-state index contributed by atoms with van der Waals surface area (Å²) in [6, 6.07) is 15.9. The van der Waals surface area contributed by atoms with E-state index in [2.05, 4.69) is 44.2 Å². The Hall–Kier alpha value is -3.08. The molecule has 0 radical (unpaired) electrons. The molecule has 0 spiro atoms. The third kappa shape index (κ3) is 6.33. The van der Waals surface area contributed by atoms with Crippen molar-refractivity contribution in [2.24, 2.45) is 5.92 Å². The topological polar surface area (TPSA) is 86.2 Å². The van der Waals surface area contributed by atoms with Crippen molar-refractivity contribution in [3.05, 3.63) is 81.8 Å². The molecular weight excluding hydrogens is 480 g/mol. The lowest BCUT2D eigenvalue weighted by Gasteiger charge is -2.21. The highest BCUT2D eigenvalue weighted by Crippen LogP contribution is 2.46. The molecule has 3 aromatic heterocycles. The van der Waals surface area contributed by atoms with E-state index in [1.807, 2.05) is 56.4 Å². The van der Waals surface area contributed by atoms with E-state index >= 15 is 0 Å². The standard InChI is InChI=1S/C25H26N6O2S2/c1-16-9-10-22(26-13-16)21-11-19(21)15-32-24-12-23(27-17(2)28-24)31(14-25-30-29-18(3)34-25)33-35-20-7-5-4-6-8-20/h4-10,12-13,19,21H,11,14-15H2,1-3H3/t19-,21+/m1/s1. The highest BCUT2D eigenvalue weighted by molar-refractivity contribution is 7.94. The van der Waals surface area contributed by atoms with Crippen molar-refractivity contribution in [3.63, 3.8) is 0 Å². The van der Waals surface area contributed by atoms with Crippen LogP contribution in [-0.4, -0.2) is 31.8 Å². The summed E-state index contributed by atoms with van der Waals surface area (Å²) in [7, 11) is 0. The molecule has 1 fully saturated rings. The molecule has 0 amide bonds. The number of pyridine rings is 1. The van der Waals surface area contributed by atoms with Crippen molar-refractivity contribution < 1.29 is 9.02 Å². The number of aryl methyl sites for hydroxylation is 3. The normalized spacial score (nSPS) is 16.8. The maximum atomic E-state index is 6.10. The second kappa shape index (κ2) is 10.7. The Morgan fingerprint density at radius 2 is 1.91 bits per heavy atom. The highest BCUT2D eigenvalue weighted by Gasteiger charge is 2.40. The van der Waals surface area contributed by atoms with Crippen LogP contribution in [0.4, 0.5) is 5.82 Å². The van der Waals surface area contributed by atoms with Gasteiger partial charge in [0.25, 0.3) is 0 Å². The quantitative estimate of drug-likeness (QED) is 0.205. The van der Waals surface area contributed by atoms with E-state index in [9.17, 15) is 0 Å². The van der Waals surface area contributed by atoms with E-state index in [0.717, 1.165) is 27.0 Å². The number of hydrogen-bond donors (Lipinski definition) is 0. The van der Waals surface area contributed by atoms with Crippen LogP contribution in [0.15, 0.2) is 59.6 Å². The number of anilines is 1. The van der Waals surface area contributed by atoms with Crippen LogP contribution in [0, 0.1) is 26.7 Å². The number of hydrogen-bond acceptors (Lipinski definition) is 10. The summed E-state index contributed by atoms with van der Waals surface area (Å²) in [5, 5.41) is 11.8. The van der Waals surface area contributed by atoms with E-state index < -0.39 is 0 Å². The molecule has 0 aliphatic heterocycles. The van der Waals surface area contributed by atoms with Gasteiger partial charge in [-0.15, -0.1) is 10.2 Å². The molecule has 1 aliphatic rings. The SMILES string of the molecule is Cc1ccc([C@H]2C[C@@H]2COc2cc(N(Cc3nnc(C)s3)OSc3ccccc3)nc(C)n2)nc1. The average molecular weight is 507 g/mol. The summed E-state index contributed by atoms with van der Waals surface area (Å²) in [5.41, 5.74) is 2.31. The summed E-state index contributed by atoms with van der Waals surface area (Å²) in [6.45, 7) is 6.83. The van der Waals surface area contributed by atoms with Gasteiger partial charge in [-0.3, -0.25) is 4.98 Å². The summed E-state index contributed by atoms with van der Waals surface area (Å²) < 4.78 is 12.2. The van der Waals surface area contributed by atoms with Crippen LogP contribution >= 0.6 is 23.4 Å². The molecule has 4 aromatic rings. The Balaban J connectivity index is 1.28. The number of ether oxygens (including phenoxy) is 1. The highest BCUT2D eigenvalue weighted by atomic mass is 32.2. The molecule has 2 atom stereocenters. The maximum Gasteiger partial charge on any atom is 0.218 e. The molecule has 0 unspecified atom stereocenters. The fourth-order valence-electron chi connectivity index (χ4n) is 3.65. The van der Waals surface area contributed by atoms with Crippen molar-refractivity contribution in [3.8, 4) is 5.88 Å². The summed E-state index contributed by atoms with van der Waals surface area (Å²) >= 11 is 2.79. The largest absolute Gasteiger partial charge is 0.477 e. The molecule has 10 heteroatoms. The Morgan fingerprint density at radius 3 is 2.66 bits per heavy atom. The zero-order chi connectivity index (χ0) is 24.2. The third-order valence-electron chi connectivity index (χ3n) is 5.55. The molecule has 0 saturated heterocycles. The predicted molar refractivity (Wildman–Crippen MR) is 136 cm³/mol. The lowest BCUT2D eigenvalue weighted by atomic mass is 10.2. The van der Waals surface area contributed by atoms with Crippen molar-refractivity contribution in [2.75, 3.05) is 11.7 Å². The number of hydroxylamine groups is 1. The minimum Gasteiger partial charge on any atom is -0.477 e. The fraction of sp³-hybridized carbons (Fsp3) is 0.320. The first-order chi connectivity index (χ1) is 17.0. The van der Waals surface area contributed by atoms with Gasteiger partial charge in [0, 0.05) is 34.7 Å². The van der Waals surface area contributed by atoms with Gasteiger partial charge in [-0.1, -0.05) is 35.6 Å². The molecule has 1 aromatic carbocycles. The first kappa shape index (κ1) is 23.7. The molecule has 0 bridgehead atoms. The van der Waals surface area contributed by atoms with Gasteiger partial charge in [0.1, 0.15) is 22.4 Å². The van der Waals surface area contributed by atoms with Crippen LogP contribution in [0.3, 0.4) is 0 Å². The van der Waals surface area contributed by atoms with Gasteiger partial charge < -0.3 is 4.74 Å². The van der Waals surface area contributed by atoms with Gasteiger partial charge in [0.15, 0.2) is 5.82 Å². The van der Waals surface area contributed by atoms with Gasteiger partial charge >= 0.3 is 0 Å². The van der Waals surface area contributed by atoms with Crippen LogP contribution in [0.2, 0.25) is 0 Å². The van der Waals surface area contributed by atoms with Crippen LogP contribution in [0.1, 0.15) is 39.4 Å². The first-order valence-corrected chi connectivity index (χ1v) is 13.0. The summed E-state index contributed by atoms with van der Waals surface area (Å²) in [4.78, 5) is 14.6. The van der Waals surface area contributed by atoms with Crippen molar-refractivity contribution >= 4 is 29.2 Å². The van der Waals surface area contributed by atoms with Crippen molar-refractivity contribution in [2.45, 2.75) is 44.6 Å². The van der Waals surface area contributed by atoms with E-state index in [4.69, 9.17) is 9.02 Å². The van der Waals surface area contributed by atoms with Crippen LogP contribution in [0.25, 0.3) is 0 Å². The minimum atomic E-state index is 0.408. The Morgan fingerprint density at radius 1 is 1.06 bits per heavy atom. The van der Waals surface area contributed by atoms with E-state index in [0.29, 0.717) is 42.5 Å². The predicted octanol–water partition coefficient (Wildman–Crippen LogP) is 5.48. The molecule has 5 rings (SSSR count). The Bertz CT molecular complexity index is 1270. The molecule has 8 nitrogen and oxygen atoms in total. The monoisotopic (exact) mass is 506 g/mol. The number of benzene rings is 1. The molecular formula is C25H26N6O2S2. The van der Waals surface area contributed by atoms with Gasteiger partial charge in [0.2, 0.25) is 5.88 Å². The lowest BCUT2D eigenvalue weighted by Crippen LogP contribution is -2.22. The number of aromatic nitrogens is 5. The number of rotatable bonds is 10. The third-order valence-corrected chi connectivity index (χ3v) is 7.09. The molecule has 3 heterocycles. The van der Waals surface area contributed by atoms with Crippen LogP contribution in [-0.2, 0) is 10.8 Å². The second-order valence-electron chi connectivity index (χ2n) is 8.51. The maximum absolute atomic E-state index is 6.10. The number of nitrogens with zero attached hydrogens (tertiary/aromatic N) is 6. The second-order valence-corrected chi connectivity index (χ2v) is 10.6. The molecule has 1 aliphatic carbocycles. The van der Waals surface area contributed by atoms with Crippen LogP contribution < -0.4 is 9.80 Å².